The first-order valence-corrected chi connectivity index (χ1v) is 6.27. The third-order valence-corrected chi connectivity index (χ3v) is 3.91. The van der Waals surface area contributed by atoms with E-state index in [1.807, 2.05) is 0 Å². The Kier molecular flexibility index (Phi) is 2.49. The van der Waals surface area contributed by atoms with E-state index in [2.05, 4.69) is 29.6 Å². The Balaban J connectivity index is 1.79. The van der Waals surface area contributed by atoms with Crippen molar-refractivity contribution in [1.82, 2.24) is 5.32 Å². The van der Waals surface area contributed by atoms with Crippen molar-refractivity contribution in [3.8, 4) is 0 Å². The molecule has 1 saturated carbocycles. The topological polar surface area (TPSA) is 12.0 Å². The van der Waals surface area contributed by atoms with Crippen LogP contribution in [0.2, 0.25) is 0 Å². The SMILES string of the molecule is c1ccc2c(c1)CCCC2NC1CCC1. The van der Waals surface area contributed by atoms with Gasteiger partial charge in [0.25, 0.3) is 0 Å². The zero-order valence-corrected chi connectivity index (χ0v) is 9.21. The second-order valence-electron chi connectivity index (χ2n) is 4.94. The molecule has 0 spiro atoms. The number of aryl methyl sites for hydroxylation is 1. The van der Waals surface area contributed by atoms with Gasteiger partial charge >= 0.3 is 0 Å². The average Bonchev–Trinajstić information content (AvgIpc) is 2.23. The summed E-state index contributed by atoms with van der Waals surface area (Å²) in [6.45, 7) is 0. The van der Waals surface area contributed by atoms with Crippen LogP contribution in [-0.4, -0.2) is 6.04 Å². The standard InChI is InChI=1S/C14H19N/c1-2-9-13-11(5-1)6-3-10-14(13)15-12-7-4-8-12/h1-2,5,9,12,14-15H,3-4,6-8,10H2. The van der Waals surface area contributed by atoms with Crippen molar-refractivity contribution in [2.45, 2.75) is 50.6 Å². The van der Waals surface area contributed by atoms with E-state index in [0.717, 1.165) is 6.04 Å². The number of fused-ring (bicyclic) bond motifs is 1. The molecule has 0 bridgehead atoms. The van der Waals surface area contributed by atoms with Gasteiger partial charge in [0.1, 0.15) is 0 Å². The molecule has 15 heavy (non-hydrogen) atoms. The van der Waals surface area contributed by atoms with E-state index in [1.54, 1.807) is 11.1 Å². The molecule has 1 atom stereocenters. The molecule has 0 heterocycles. The van der Waals surface area contributed by atoms with Gasteiger partial charge in [0.2, 0.25) is 0 Å². The predicted octanol–water partition coefficient (Wildman–Crippen LogP) is 3.21. The summed E-state index contributed by atoms with van der Waals surface area (Å²) < 4.78 is 0. The highest BCUT2D eigenvalue weighted by atomic mass is 15.0. The molecule has 0 radical (unpaired) electrons. The highest BCUT2D eigenvalue weighted by molar-refractivity contribution is 5.32. The highest BCUT2D eigenvalue weighted by Gasteiger charge is 2.25. The molecule has 0 amide bonds. The second-order valence-corrected chi connectivity index (χ2v) is 4.94. The minimum atomic E-state index is 0.639. The first-order valence-electron chi connectivity index (χ1n) is 6.27. The first-order chi connectivity index (χ1) is 7.43. The first kappa shape index (κ1) is 9.41. The van der Waals surface area contributed by atoms with Gasteiger partial charge in [-0.25, -0.2) is 0 Å². The van der Waals surface area contributed by atoms with Gasteiger partial charge in [0.15, 0.2) is 0 Å². The Morgan fingerprint density at radius 2 is 1.87 bits per heavy atom. The molecule has 2 aliphatic carbocycles. The van der Waals surface area contributed by atoms with Crippen molar-refractivity contribution in [2.24, 2.45) is 0 Å². The van der Waals surface area contributed by atoms with Crippen LogP contribution in [0, 0.1) is 0 Å². The summed E-state index contributed by atoms with van der Waals surface area (Å²) in [5.41, 5.74) is 3.14. The minimum absolute atomic E-state index is 0.639. The van der Waals surface area contributed by atoms with Crippen LogP contribution < -0.4 is 5.32 Å². The largest absolute Gasteiger partial charge is 0.307 e. The van der Waals surface area contributed by atoms with Crippen LogP contribution in [-0.2, 0) is 6.42 Å². The van der Waals surface area contributed by atoms with E-state index in [0.29, 0.717) is 6.04 Å². The van der Waals surface area contributed by atoms with Gasteiger partial charge < -0.3 is 5.32 Å². The molecule has 3 rings (SSSR count). The minimum Gasteiger partial charge on any atom is -0.307 e. The fourth-order valence-electron chi connectivity index (χ4n) is 2.79. The molecular weight excluding hydrogens is 182 g/mol. The van der Waals surface area contributed by atoms with Crippen LogP contribution in [0.4, 0.5) is 0 Å². The van der Waals surface area contributed by atoms with E-state index >= 15 is 0 Å². The summed E-state index contributed by atoms with van der Waals surface area (Å²) in [5.74, 6) is 0. The Hall–Kier alpha value is -0.820. The predicted molar refractivity (Wildman–Crippen MR) is 62.9 cm³/mol. The molecule has 0 saturated heterocycles. The Labute approximate surface area is 91.9 Å². The molecule has 1 heteroatoms. The maximum atomic E-state index is 3.81. The van der Waals surface area contributed by atoms with E-state index in [4.69, 9.17) is 0 Å². The maximum absolute atomic E-state index is 3.81. The lowest BCUT2D eigenvalue weighted by Gasteiger charge is -2.34. The van der Waals surface area contributed by atoms with Crippen LogP contribution in [0.3, 0.4) is 0 Å². The fourth-order valence-corrected chi connectivity index (χ4v) is 2.79. The number of nitrogens with one attached hydrogen (secondary N) is 1. The van der Waals surface area contributed by atoms with Gasteiger partial charge in [0, 0.05) is 12.1 Å². The zero-order chi connectivity index (χ0) is 10.1. The van der Waals surface area contributed by atoms with E-state index in [9.17, 15) is 0 Å². The molecule has 80 valence electrons. The lowest BCUT2D eigenvalue weighted by Crippen LogP contribution is -2.39. The Bertz CT molecular complexity index is 341. The number of hydrogen-bond acceptors (Lipinski definition) is 1. The molecule has 1 nitrogen and oxygen atoms in total. The van der Waals surface area contributed by atoms with Gasteiger partial charge in [-0.3, -0.25) is 0 Å². The van der Waals surface area contributed by atoms with Gasteiger partial charge in [-0.2, -0.15) is 0 Å². The number of rotatable bonds is 2. The number of benzene rings is 1. The summed E-state index contributed by atoms with van der Waals surface area (Å²) in [6, 6.07) is 10.4. The Morgan fingerprint density at radius 1 is 1.00 bits per heavy atom. The van der Waals surface area contributed by atoms with Crippen molar-refractivity contribution in [3.05, 3.63) is 35.4 Å². The lowest BCUT2D eigenvalue weighted by atomic mass is 9.85. The van der Waals surface area contributed by atoms with Crippen molar-refractivity contribution in [1.29, 1.82) is 0 Å². The molecule has 2 aliphatic rings. The van der Waals surface area contributed by atoms with Crippen molar-refractivity contribution >= 4 is 0 Å². The maximum Gasteiger partial charge on any atom is 0.0325 e. The highest BCUT2D eigenvalue weighted by Crippen LogP contribution is 2.32. The molecular formula is C14H19N. The summed E-state index contributed by atoms with van der Waals surface area (Å²) in [5, 5.41) is 3.81. The van der Waals surface area contributed by atoms with Crippen molar-refractivity contribution in [2.75, 3.05) is 0 Å². The molecule has 0 aromatic heterocycles. The van der Waals surface area contributed by atoms with Crippen LogP contribution in [0.5, 0.6) is 0 Å². The normalized spacial score (nSPS) is 25.7. The summed E-state index contributed by atoms with van der Waals surface area (Å²) >= 11 is 0. The van der Waals surface area contributed by atoms with Gasteiger partial charge in [-0.1, -0.05) is 30.7 Å². The molecule has 1 fully saturated rings. The van der Waals surface area contributed by atoms with Crippen LogP contribution in [0.25, 0.3) is 0 Å². The molecule has 1 N–H and O–H groups in total. The summed E-state index contributed by atoms with van der Waals surface area (Å²) in [6.07, 6.45) is 8.15. The lowest BCUT2D eigenvalue weighted by molar-refractivity contribution is 0.290. The summed E-state index contributed by atoms with van der Waals surface area (Å²) in [4.78, 5) is 0. The van der Waals surface area contributed by atoms with Gasteiger partial charge in [-0.05, 0) is 43.2 Å². The number of hydrogen-bond donors (Lipinski definition) is 1. The molecule has 1 unspecified atom stereocenters. The van der Waals surface area contributed by atoms with E-state index < -0.39 is 0 Å². The van der Waals surface area contributed by atoms with E-state index in [1.165, 1.54) is 38.5 Å². The zero-order valence-electron chi connectivity index (χ0n) is 9.21. The smallest absolute Gasteiger partial charge is 0.0325 e. The van der Waals surface area contributed by atoms with Crippen LogP contribution in [0.1, 0.15) is 49.3 Å². The molecule has 1 aromatic rings. The fraction of sp³-hybridized carbons (Fsp3) is 0.571. The van der Waals surface area contributed by atoms with Crippen LogP contribution in [0.15, 0.2) is 24.3 Å². The third kappa shape index (κ3) is 1.81. The molecule has 1 aromatic carbocycles. The van der Waals surface area contributed by atoms with Gasteiger partial charge in [-0.15, -0.1) is 0 Å². The average molecular weight is 201 g/mol. The molecule has 0 aliphatic heterocycles. The third-order valence-electron chi connectivity index (χ3n) is 3.91. The van der Waals surface area contributed by atoms with Gasteiger partial charge in [0.05, 0.1) is 0 Å². The van der Waals surface area contributed by atoms with Crippen molar-refractivity contribution in [3.63, 3.8) is 0 Å². The monoisotopic (exact) mass is 201 g/mol. The van der Waals surface area contributed by atoms with Crippen molar-refractivity contribution < 1.29 is 0 Å². The summed E-state index contributed by atoms with van der Waals surface area (Å²) in [7, 11) is 0. The second kappa shape index (κ2) is 3.97. The Morgan fingerprint density at radius 3 is 2.67 bits per heavy atom. The van der Waals surface area contributed by atoms with E-state index in [-0.39, 0.29) is 0 Å². The quantitative estimate of drug-likeness (QED) is 0.774. The van der Waals surface area contributed by atoms with Crippen LogP contribution >= 0.6 is 0 Å².